The van der Waals surface area contributed by atoms with E-state index in [4.69, 9.17) is 11.6 Å². The number of carboxylic acids is 1. The van der Waals surface area contributed by atoms with Gasteiger partial charge in [0, 0.05) is 30.9 Å². The Morgan fingerprint density at radius 1 is 1.34 bits per heavy atom. The molecule has 2 heterocycles. The molecule has 1 saturated carbocycles. The Morgan fingerprint density at radius 2 is 2.03 bits per heavy atom. The monoisotopic (exact) mass is 421 g/mol. The number of benzene rings is 1. The molecule has 2 N–H and O–H groups in total. The molecule has 1 aliphatic carbocycles. The molecule has 1 aliphatic heterocycles. The van der Waals surface area contributed by atoms with Crippen molar-refractivity contribution in [2.75, 3.05) is 25.0 Å². The van der Waals surface area contributed by atoms with Gasteiger partial charge in [-0.15, -0.1) is 0 Å². The lowest BCUT2D eigenvalue weighted by atomic mass is 9.87. The van der Waals surface area contributed by atoms with Crippen LogP contribution in [0.1, 0.15) is 49.5 Å². The fourth-order valence-corrected chi connectivity index (χ4v) is 4.68. The van der Waals surface area contributed by atoms with E-state index in [2.05, 4.69) is 19.2 Å². The molecule has 4 rings (SSSR count). The zero-order chi connectivity index (χ0) is 21.1. The molecule has 6 nitrogen and oxygen atoms in total. The lowest BCUT2D eigenvalue weighted by Gasteiger charge is -2.32. The number of pyridine rings is 1. The maximum atomic E-state index is 15.2. The van der Waals surface area contributed by atoms with Crippen LogP contribution in [0.5, 0.6) is 0 Å². The molecule has 0 bridgehead atoms. The zero-order valence-corrected chi connectivity index (χ0v) is 17.5. The molecule has 0 unspecified atom stereocenters. The molecule has 156 valence electrons. The van der Waals surface area contributed by atoms with Gasteiger partial charge in [0.05, 0.1) is 21.6 Å². The average Bonchev–Trinajstić information content (AvgIpc) is 3.39. The molecule has 1 saturated heterocycles. The summed E-state index contributed by atoms with van der Waals surface area (Å²) >= 11 is 6.70. The highest BCUT2D eigenvalue weighted by Crippen LogP contribution is 2.43. The van der Waals surface area contributed by atoms with Crippen LogP contribution in [0.25, 0.3) is 10.9 Å². The standard InChI is InChI=1S/C21H25ClFN3O3/c1-21(2,24-3)11-6-7-25(9-11)18-15(23)8-13-17(16(18)22)26(12-4-5-12)10-14(19(13)27)20(28)29/h8,10-12,24H,4-7,9H2,1-3H3,(H,28,29)/t11-/m1/s1. The summed E-state index contributed by atoms with van der Waals surface area (Å²) in [7, 11) is 1.92. The van der Waals surface area contributed by atoms with Gasteiger partial charge in [-0.25, -0.2) is 9.18 Å². The molecule has 2 fully saturated rings. The highest BCUT2D eigenvalue weighted by Gasteiger charge is 2.37. The Labute approximate surface area is 173 Å². The molecule has 0 radical (unpaired) electrons. The number of halogens is 2. The van der Waals surface area contributed by atoms with Crippen LogP contribution in [0.2, 0.25) is 5.02 Å². The molecule has 0 amide bonds. The minimum Gasteiger partial charge on any atom is -0.477 e. The summed E-state index contributed by atoms with van der Waals surface area (Å²) in [6.07, 6.45) is 4.01. The van der Waals surface area contributed by atoms with Crippen LogP contribution in [-0.2, 0) is 0 Å². The fourth-order valence-electron chi connectivity index (χ4n) is 4.27. The van der Waals surface area contributed by atoms with Gasteiger partial charge >= 0.3 is 5.97 Å². The van der Waals surface area contributed by atoms with Crippen molar-refractivity contribution in [3.05, 3.63) is 38.9 Å². The summed E-state index contributed by atoms with van der Waals surface area (Å²) in [6, 6.07) is 1.24. The van der Waals surface area contributed by atoms with Gasteiger partial charge < -0.3 is 19.9 Å². The van der Waals surface area contributed by atoms with Gasteiger partial charge in [0.1, 0.15) is 11.4 Å². The van der Waals surface area contributed by atoms with E-state index in [-0.39, 0.29) is 27.6 Å². The summed E-state index contributed by atoms with van der Waals surface area (Å²) < 4.78 is 16.9. The molecule has 2 aromatic rings. The SMILES string of the molecule is CNC(C)(C)[C@@H]1CCN(c2c(F)cc3c(=O)c(C(=O)O)cn(C4CC4)c3c2Cl)C1. The number of carboxylic acid groups (broad SMARTS) is 1. The lowest BCUT2D eigenvalue weighted by molar-refractivity contribution is 0.0695. The molecular formula is C21H25ClFN3O3. The third-order valence-electron chi connectivity index (χ3n) is 6.52. The van der Waals surface area contributed by atoms with Crippen LogP contribution in [0.15, 0.2) is 17.1 Å². The molecule has 1 aromatic heterocycles. The minimum atomic E-state index is -1.32. The summed E-state index contributed by atoms with van der Waals surface area (Å²) in [6.45, 7) is 5.56. The Kier molecular flexibility index (Phi) is 4.86. The third-order valence-corrected chi connectivity index (χ3v) is 6.88. The van der Waals surface area contributed by atoms with Gasteiger partial charge in [0.25, 0.3) is 0 Å². The number of anilines is 1. The van der Waals surface area contributed by atoms with Crippen molar-refractivity contribution in [2.24, 2.45) is 5.92 Å². The lowest BCUT2D eigenvalue weighted by Crippen LogP contribution is -2.45. The van der Waals surface area contributed by atoms with Crippen LogP contribution in [0, 0.1) is 11.7 Å². The largest absolute Gasteiger partial charge is 0.477 e. The van der Waals surface area contributed by atoms with Gasteiger partial charge in [-0.05, 0) is 52.1 Å². The molecule has 2 aliphatic rings. The molecule has 0 spiro atoms. The predicted octanol–water partition coefficient (Wildman–Crippen LogP) is 3.65. The van der Waals surface area contributed by atoms with E-state index in [1.54, 1.807) is 4.57 Å². The van der Waals surface area contributed by atoms with Crippen molar-refractivity contribution in [3.8, 4) is 0 Å². The molecule has 8 heteroatoms. The van der Waals surface area contributed by atoms with Crippen LogP contribution in [0.3, 0.4) is 0 Å². The number of nitrogens with zero attached hydrogens (tertiary/aromatic N) is 2. The summed E-state index contributed by atoms with van der Waals surface area (Å²) in [5, 5.41) is 12.9. The molecule has 29 heavy (non-hydrogen) atoms. The summed E-state index contributed by atoms with van der Waals surface area (Å²) in [5.74, 6) is -1.59. The van der Waals surface area contributed by atoms with Gasteiger partial charge in [0.2, 0.25) is 5.43 Å². The molecule has 1 aromatic carbocycles. The van der Waals surface area contributed by atoms with Crippen molar-refractivity contribution < 1.29 is 14.3 Å². The van der Waals surface area contributed by atoms with Crippen molar-refractivity contribution in [2.45, 2.75) is 44.7 Å². The normalized spacial score (nSPS) is 19.9. The first kappa shape index (κ1) is 20.2. The number of aromatic carboxylic acids is 1. The first-order valence-corrected chi connectivity index (χ1v) is 10.3. The fraction of sp³-hybridized carbons (Fsp3) is 0.524. The van der Waals surface area contributed by atoms with Crippen LogP contribution in [0.4, 0.5) is 10.1 Å². The number of hydrogen-bond donors (Lipinski definition) is 2. The second-order valence-corrected chi connectivity index (χ2v) is 9.01. The summed E-state index contributed by atoms with van der Waals surface area (Å²) in [5.41, 5.74) is -0.430. The summed E-state index contributed by atoms with van der Waals surface area (Å²) in [4.78, 5) is 26.1. The van der Waals surface area contributed by atoms with Crippen LogP contribution < -0.4 is 15.6 Å². The number of rotatable bonds is 5. The van der Waals surface area contributed by atoms with Gasteiger partial charge in [-0.1, -0.05) is 11.6 Å². The average molecular weight is 422 g/mol. The van der Waals surface area contributed by atoms with Crippen molar-refractivity contribution in [3.63, 3.8) is 0 Å². The number of hydrogen-bond acceptors (Lipinski definition) is 4. The predicted molar refractivity (Wildman–Crippen MR) is 112 cm³/mol. The Morgan fingerprint density at radius 3 is 2.62 bits per heavy atom. The van der Waals surface area contributed by atoms with E-state index in [0.29, 0.717) is 30.2 Å². The van der Waals surface area contributed by atoms with E-state index in [9.17, 15) is 14.7 Å². The maximum absolute atomic E-state index is 15.2. The molecular weight excluding hydrogens is 397 g/mol. The van der Waals surface area contributed by atoms with Crippen molar-refractivity contribution in [1.82, 2.24) is 9.88 Å². The van der Waals surface area contributed by atoms with E-state index in [1.807, 2.05) is 11.9 Å². The quantitative estimate of drug-likeness (QED) is 0.770. The number of carbonyl (C=O) groups is 1. The van der Waals surface area contributed by atoms with E-state index in [0.717, 1.165) is 25.3 Å². The van der Waals surface area contributed by atoms with Crippen LogP contribution in [-0.4, -0.2) is 41.3 Å². The minimum absolute atomic E-state index is 0.0225. The Balaban J connectivity index is 1.88. The first-order chi connectivity index (χ1) is 13.7. The Bertz CT molecular complexity index is 1060. The topological polar surface area (TPSA) is 74.6 Å². The smallest absolute Gasteiger partial charge is 0.341 e. The first-order valence-electron chi connectivity index (χ1n) is 9.89. The van der Waals surface area contributed by atoms with Gasteiger partial charge in [0.15, 0.2) is 0 Å². The second-order valence-electron chi connectivity index (χ2n) is 8.64. The highest BCUT2D eigenvalue weighted by molar-refractivity contribution is 6.38. The van der Waals surface area contributed by atoms with E-state index < -0.39 is 17.2 Å². The van der Waals surface area contributed by atoms with Crippen molar-refractivity contribution in [1.29, 1.82) is 0 Å². The maximum Gasteiger partial charge on any atom is 0.341 e. The number of fused-ring (bicyclic) bond motifs is 1. The van der Waals surface area contributed by atoms with E-state index in [1.165, 1.54) is 6.20 Å². The number of aromatic nitrogens is 1. The second kappa shape index (κ2) is 6.99. The van der Waals surface area contributed by atoms with Gasteiger partial charge in [-0.3, -0.25) is 4.79 Å². The van der Waals surface area contributed by atoms with Gasteiger partial charge in [-0.2, -0.15) is 0 Å². The Hall–Kier alpha value is -2.12. The van der Waals surface area contributed by atoms with E-state index >= 15 is 4.39 Å². The van der Waals surface area contributed by atoms with Crippen molar-refractivity contribution >= 4 is 34.2 Å². The zero-order valence-electron chi connectivity index (χ0n) is 16.8. The molecule has 1 atom stereocenters. The van der Waals surface area contributed by atoms with Crippen LogP contribution >= 0.6 is 11.6 Å². The highest BCUT2D eigenvalue weighted by atomic mass is 35.5. The third kappa shape index (κ3) is 3.30. The number of nitrogens with one attached hydrogen (secondary N) is 1.